The first-order valence-corrected chi connectivity index (χ1v) is 11.2. The molecule has 2 amide bonds. The quantitative estimate of drug-likeness (QED) is 0.603. The number of benzene rings is 1. The standard InChI is InChI=1S/C24H25N3O3S/c1-26(2)23(28)19-7-8-22(25-15-19)30-21-9-12-27(13-10-21)24(29)18-5-3-17(4-6-18)20-11-14-31-16-20/h3-8,11,14-16,21H,9-10,12-13H2,1-2H3. The predicted octanol–water partition coefficient (Wildman–Crippen LogP) is 4.20. The lowest BCUT2D eigenvalue weighted by molar-refractivity contribution is 0.0588. The van der Waals surface area contributed by atoms with Gasteiger partial charge in [-0.1, -0.05) is 12.1 Å². The van der Waals surface area contributed by atoms with Crippen molar-refractivity contribution in [2.75, 3.05) is 27.2 Å². The number of carbonyl (C=O) groups is 2. The summed E-state index contributed by atoms with van der Waals surface area (Å²) in [6.07, 6.45) is 3.04. The van der Waals surface area contributed by atoms with Gasteiger partial charge in [-0.15, -0.1) is 0 Å². The molecule has 31 heavy (non-hydrogen) atoms. The first-order chi connectivity index (χ1) is 15.0. The molecule has 2 aromatic heterocycles. The number of amides is 2. The van der Waals surface area contributed by atoms with Crippen molar-refractivity contribution in [2.24, 2.45) is 0 Å². The van der Waals surface area contributed by atoms with Crippen molar-refractivity contribution in [3.05, 3.63) is 70.5 Å². The van der Waals surface area contributed by atoms with E-state index in [1.54, 1.807) is 37.6 Å². The lowest BCUT2D eigenvalue weighted by Crippen LogP contribution is -2.41. The second kappa shape index (κ2) is 9.31. The Balaban J connectivity index is 1.30. The van der Waals surface area contributed by atoms with Crippen LogP contribution in [0.2, 0.25) is 0 Å². The van der Waals surface area contributed by atoms with E-state index in [0.29, 0.717) is 30.1 Å². The van der Waals surface area contributed by atoms with Crippen molar-refractivity contribution in [1.82, 2.24) is 14.8 Å². The molecule has 1 aromatic carbocycles. The van der Waals surface area contributed by atoms with E-state index in [0.717, 1.165) is 18.4 Å². The molecule has 3 heterocycles. The van der Waals surface area contributed by atoms with E-state index in [1.807, 2.05) is 34.5 Å². The highest BCUT2D eigenvalue weighted by Gasteiger charge is 2.25. The number of hydrogen-bond acceptors (Lipinski definition) is 5. The van der Waals surface area contributed by atoms with E-state index in [2.05, 4.69) is 16.4 Å². The Morgan fingerprint density at radius 3 is 2.29 bits per heavy atom. The maximum Gasteiger partial charge on any atom is 0.254 e. The molecular weight excluding hydrogens is 410 g/mol. The summed E-state index contributed by atoms with van der Waals surface area (Å²) in [5.41, 5.74) is 3.54. The zero-order valence-electron chi connectivity index (χ0n) is 17.7. The minimum atomic E-state index is -0.0887. The topological polar surface area (TPSA) is 62.7 Å². The molecule has 0 bridgehead atoms. The minimum Gasteiger partial charge on any atom is -0.474 e. The van der Waals surface area contributed by atoms with Gasteiger partial charge in [-0.2, -0.15) is 11.3 Å². The molecule has 1 aliphatic rings. The molecule has 6 nitrogen and oxygen atoms in total. The van der Waals surface area contributed by atoms with Crippen LogP contribution in [0.5, 0.6) is 5.88 Å². The number of hydrogen-bond donors (Lipinski definition) is 0. The van der Waals surface area contributed by atoms with E-state index in [-0.39, 0.29) is 17.9 Å². The van der Waals surface area contributed by atoms with Crippen LogP contribution < -0.4 is 4.74 Å². The normalized spacial score (nSPS) is 14.3. The third-order valence-electron chi connectivity index (χ3n) is 5.39. The van der Waals surface area contributed by atoms with Crippen LogP contribution in [0, 0.1) is 0 Å². The molecule has 1 saturated heterocycles. The highest BCUT2D eigenvalue weighted by Crippen LogP contribution is 2.24. The number of likely N-dealkylation sites (tertiary alicyclic amines) is 1. The fourth-order valence-corrected chi connectivity index (χ4v) is 4.26. The van der Waals surface area contributed by atoms with Gasteiger partial charge in [0, 0.05) is 57.9 Å². The van der Waals surface area contributed by atoms with Crippen molar-refractivity contribution in [1.29, 1.82) is 0 Å². The van der Waals surface area contributed by atoms with Gasteiger partial charge < -0.3 is 14.5 Å². The zero-order chi connectivity index (χ0) is 21.8. The molecule has 160 valence electrons. The lowest BCUT2D eigenvalue weighted by Gasteiger charge is -2.32. The largest absolute Gasteiger partial charge is 0.474 e. The van der Waals surface area contributed by atoms with Crippen LogP contribution in [0.15, 0.2) is 59.4 Å². The Morgan fingerprint density at radius 2 is 1.71 bits per heavy atom. The second-order valence-corrected chi connectivity index (χ2v) is 8.56. The smallest absolute Gasteiger partial charge is 0.254 e. The molecule has 0 N–H and O–H groups in total. The lowest BCUT2D eigenvalue weighted by atomic mass is 10.0. The summed E-state index contributed by atoms with van der Waals surface area (Å²) >= 11 is 1.66. The first-order valence-electron chi connectivity index (χ1n) is 10.3. The molecule has 0 unspecified atom stereocenters. The molecule has 0 aliphatic carbocycles. The van der Waals surface area contributed by atoms with Crippen LogP contribution in [0.1, 0.15) is 33.6 Å². The Kier molecular flexibility index (Phi) is 6.32. The fraction of sp³-hybridized carbons (Fsp3) is 0.292. The average molecular weight is 436 g/mol. The van der Waals surface area contributed by atoms with Crippen LogP contribution in [-0.4, -0.2) is 59.9 Å². The van der Waals surface area contributed by atoms with E-state index in [1.165, 1.54) is 16.7 Å². The van der Waals surface area contributed by atoms with E-state index in [9.17, 15) is 9.59 Å². The Morgan fingerprint density at radius 1 is 1.00 bits per heavy atom. The van der Waals surface area contributed by atoms with Gasteiger partial charge in [0.2, 0.25) is 5.88 Å². The third kappa shape index (κ3) is 4.94. The van der Waals surface area contributed by atoms with E-state index >= 15 is 0 Å². The Bertz CT molecular complexity index is 1020. The molecule has 1 fully saturated rings. The number of aromatic nitrogens is 1. The van der Waals surface area contributed by atoms with Gasteiger partial charge in [-0.25, -0.2) is 4.98 Å². The maximum atomic E-state index is 12.9. The van der Waals surface area contributed by atoms with Crippen molar-refractivity contribution >= 4 is 23.2 Å². The summed E-state index contributed by atoms with van der Waals surface area (Å²) in [7, 11) is 3.42. The molecule has 1 aliphatic heterocycles. The first kappa shape index (κ1) is 21.1. The maximum absolute atomic E-state index is 12.9. The van der Waals surface area contributed by atoms with Crippen molar-refractivity contribution in [3.8, 4) is 17.0 Å². The summed E-state index contributed by atoms with van der Waals surface area (Å²) < 4.78 is 5.97. The SMILES string of the molecule is CN(C)C(=O)c1ccc(OC2CCN(C(=O)c3ccc(-c4ccsc4)cc3)CC2)nc1. The van der Waals surface area contributed by atoms with Crippen molar-refractivity contribution in [3.63, 3.8) is 0 Å². The fourth-order valence-electron chi connectivity index (χ4n) is 3.60. The number of pyridine rings is 1. The van der Waals surface area contributed by atoms with Crippen LogP contribution in [0.4, 0.5) is 0 Å². The summed E-state index contributed by atoms with van der Waals surface area (Å²) in [6, 6.07) is 13.3. The van der Waals surface area contributed by atoms with Crippen molar-refractivity contribution < 1.29 is 14.3 Å². The highest BCUT2D eigenvalue weighted by molar-refractivity contribution is 7.08. The van der Waals surface area contributed by atoms with Crippen LogP contribution in [-0.2, 0) is 0 Å². The average Bonchev–Trinajstić information content (AvgIpc) is 3.34. The van der Waals surface area contributed by atoms with E-state index in [4.69, 9.17) is 4.74 Å². The molecule has 7 heteroatoms. The molecular formula is C24H25N3O3S. The molecule has 0 spiro atoms. The van der Waals surface area contributed by atoms with Gasteiger partial charge in [0.05, 0.1) is 5.56 Å². The van der Waals surface area contributed by atoms with Gasteiger partial charge in [0.1, 0.15) is 6.10 Å². The second-order valence-electron chi connectivity index (χ2n) is 7.78. The van der Waals surface area contributed by atoms with Gasteiger partial charge in [0.15, 0.2) is 0 Å². The third-order valence-corrected chi connectivity index (χ3v) is 6.08. The number of piperidine rings is 1. The summed E-state index contributed by atoms with van der Waals surface area (Å²) in [4.78, 5) is 32.5. The molecule has 0 atom stereocenters. The van der Waals surface area contributed by atoms with Gasteiger partial charge >= 0.3 is 0 Å². The number of ether oxygens (including phenoxy) is 1. The van der Waals surface area contributed by atoms with Gasteiger partial charge in [0.25, 0.3) is 11.8 Å². The molecule has 0 saturated carbocycles. The summed E-state index contributed by atoms with van der Waals surface area (Å²) in [5.74, 6) is 0.471. The number of carbonyl (C=O) groups excluding carboxylic acids is 2. The molecule has 4 rings (SSSR count). The van der Waals surface area contributed by atoms with E-state index < -0.39 is 0 Å². The minimum absolute atomic E-state index is 0.00733. The monoisotopic (exact) mass is 435 g/mol. The van der Waals surface area contributed by atoms with Gasteiger partial charge in [-0.05, 0) is 46.2 Å². The Labute approximate surface area is 186 Å². The van der Waals surface area contributed by atoms with Crippen molar-refractivity contribution in [2.45, 2.75) is 18.9 Å². The predicted molar refractivity (Wildman–Crippen MR) is 122 cm³/mol. The zero-order valence-corrected chi connectivity index (χ0v) is 18.5. The van der Waals surface area contributed by atoms with Crippen LogP contribution in [0.25, 0.3) is 11.1 Å². The number of thiophene rings is 1. The van der Waals surface area contributed by atoms with Crippen LogP contribution >= 0.6 is 11.3 Å². The Hall–Kier alpha value is -3.19. The van der Waals surface area contributed by atoms with Crippen LogP contribution in [0.3, 0.4) is 0 Å². The van der Waals surface area contributed by atoms with Gasteiger partial charge in [-0.3, -0.25) is 9.59 Å². The molecule has 3 aromatic rings. The number of nitrogens with zero attached hydrogens (tertiary/aromatic N) is 3. The number of rotatable bonds is 5. The summed E-state index contributed by atoms with van der Waals surface area (Å²) in [6.45, 7) is 1.29. The summed E-state index contributed by atoms with van der Waals surface area (Å²) in [5, 5.41) is 4.15. The molecule has 0 radical (unpaired) electrons. The highest BCUT2D eigenvalue weighted by atomic mass is 32.1.